The van der Waals surface area contributed by atoms with Gasteiger partial charge in [-0.2, -0.15) is 0 Å². The highest BCUT2D eigenvalue weighted by Gasteiger charge is 2.10. The molecule has 3 aromatic rings. The van der Waals surface area contributed by atoms with Crippen molar-refractivity contribution >= 4 is 21.6 Å². The van der Waals surface area contributed by atoms with E-state index in [1.165, 1.54) is 5.56 Å². The van der Waals surface area contributed by atoms with Gasteiger partial charge in [0.1, 0.15) is 10.4 Å². The molecule has 0 fully saturated rings. The second-order valence-electron chi connectivity index (χ2n) is 3.51. The van der Waals surface area contributed by atoms with E-state index in [0.717, 1.165) is 21.5 Å². The molecular weight excluding hydrogens is 206 g/mol. The van der Waals surface area contributed by atoms with Crippen molar-refractivity contribution in [2.45, 2.75) is 6.92 Å². The van der Waals surface area contributed by atoms with E-state index < -0.39 is 0 Å². The standard InChI is InChI=1S/C12H9NOS/c1-8-2-4-9(5-3-8)11-12-10(14-13-11)6-7-15-12/h2-7H,1H3. The van der Waals surface area contributed by atoms with Crippen molar-refractivity contribution in [3.05, 3.63) is 41.3 Å². The summed E-state index contributed by atoms with van der Waals surface area (Å²) in [7, 11) is 0. The smallest absolute Gasteiger partial charge is 0.178 e. The van der Waals surface area contributed by atoms with Gasteiger partial charge in [0.2, 0.25) is 0 Å². The SMILES string of the molecule is Cc1ccc(-c2noc3ccsc23)cc1. The fourth-order valence-corrected chi connectivity index (χ4v) is 2.39. The summed E-state index contributed by atoms with van der Waals surface area (Å²) in [5.41, 5.74) is 4.18. The molecule has 0 unspecified atom stereocenters. The van der Waals surface area contributed by atoms with Crippen LogP contribution in [0.3, 0.4) is 0 Å². The third-order valence-electron chi connectivity index (χ3n) is 2.40. The zero-order valence-electron chi connectivity index (χ0n) is 8.23. The predicted molar refractivity (Wildman–Crippen MR) is 62.1 cm³/mol. The molecule has 2 aromatic heterocycles. The van der Waals surface area contributed by atoms with Crippen molar-refractivity contribution in [3.63, 3.8) is 0 Å². The maximum Gasteiger partial charge on any atom is 0.178 e. The number of rotatable bonds is 1. The van der Waals surface area contributed by atoms with E-state index in [2.05, 4.69) is 36.3 Å². The molecule has 0 aliphatic carbocycles. The lowest BCUT2D eigenvalue weighted by molar-refractivity contribution is 0.459. The van der Waals surface area contributed by atoms with Gasteiger partial charge in [-0.3, -0.25) is 0 Å². The highest BCUT2D eigenvalue weighted by molar-refractivity contribution is 7.17. The molecule has 0 saturated carbocycles. The molecule has 0 aliphatic rings. The maximum absolute atomic E-state index is 5.23. The summed E-state index contributed by atoms with van der Waals surface area (Å²) in [6.45, 7) is 2.08. The van der Waals surface area contributed by atoms with Crippen LogP contribution in [0.25, 0.3) is 21.5 Å². The molecule has 0 atom stereocenters. The Bertz CT molecular complexity index is 591. The van der Waals surface area contributed by atoms with Gasteiger partial charge >= 0.3 is 0 Å². The van der Waals surface area contributed by atoms with Gasteiger partial charge in [-0.05, 0) is 18.4 Å². The number of nitrogens with zero attached hydrogens (tertiary/aromatic N) is 1. The number of aryl methyl sites for hydroxylation is 1. The number of aromatic nitrogens is 1. The summed E-state index contributed by atoms with van der Waals surface area (Å²) in [5.74, 6) is 0. The third kappa shape index (κ3) is 1.36. The lowest BCUT2D eigenvalue weighted by Crippen LogP contribution is -1.77. The Morgan fingerprint density at radius 2 is 1.93 bits per heavy atom. The van der Waals surface area contributed by atoms with Crippen molar-refractivity contribution in [2.75, 3.05) is 0 Å². The monoisotopic (exact) mass is 215 g/mol. The first kappa shape index (κ1) is 8.68. The number of benzene rings is 1. The molecule has 15 heavy (non-hydrogen) atoms. The first-order valence-electron chi connectivity index (χ1n) is 4.74. The molecular formula is C12H9NOS. The van der Waals surface area contributed by atoms with E-state index >= 15 is 0 Å². The van der Waals surface area contributed by atoms with Crippen LogP contribution in [0, 0.1) is 6.92 Å². The molecule has 0 aliphatic heterocycles. The summed E-state index contributed by atoms with van der Waals surface area (Å²) >= 11 is 1.66. The molecule has 0 spiro atoms. The first-order chi connectivity index (χ1) is 7.34. The van der Waals surface area contributed by atoms with Gasteiger partial charge in [-0.1, -0.05) is 35.0 Å². The van der Waals surface area contributed by atoms with Crippen molar-refractivity contribution in [1.82, 2.24) is 5.16 Å². The number of thiophene rings is 1. The highest BCUT2D eigenvalue weighted by Crippen LogP contribution is 2.31. The van der Waals surface area contributed by atoms with Crippen LogP contribution >= 0.6 is 11.3 Å². The summed E-state index contributed by atoms with van der Waals surface area (Å²) in [6, 6.07) is 10.3. The van der Waals surface area contributed by atoms with Gasteiger partial charge in [0.25, 0.3) is 0 Å². The van der Waals surface area contributed by atoms with Crippen LogP contribution in [0.1, 0.15) is 5.56 Å². The average Bonchev–Trinajstić information content (AvgIpc) is 2.80. The second kappa shape index (κ2) is 3.21. The Labute approximate surface area is 91.1 Å². The van der Waals surface area contributed by atoms with E-state index in [4.69, 9.17) is 4.52 Å². The lowest BCUT2D eigenvalue weighted by atomic mass is 10.1. The Hall–Kier alpha value is -1.61. The minimum Gasteiger partial charge on any atom is -0.355 e. The average molecular weight is 215 g/mol. The first-order valence-corrected chi connectivity index (χ1v) is 5.62. The molecule has 0 saturated heterocycles. The fourth-order valence-electron chi connectivity index (χ4n) is 1.57. The summed E-state index contributed by atoms with van der Waals surface area (Å²) in [6.07, 6.45) is 0. The molecule has 0 N–H and O–H groups in total. The summed E-state index contributed by atoms with van der Waals surface area (Å²) in [4.78, 5) is 0. The molecule has 2 heterocycles. The van der Waals surface area contributed by atoms with Crippen molar-refractivity contribution in [3.8, 4) is 11.3 Å². The van der Waals surface area contributed by atoms with Crippen LogP contribution in [0.2, 0.25) is 0 Å². The quantitative estimate of drug-likeness (QED) is 0.616. The van der Waals surface area contributed by atoms with Gasteiger partial charge in [-0.15, -0.1) is 11.3 Å². The highest BCUT2D eigenvalue weighted by atomic mass is 32.1. The molecule has 74 valence electrons. The van der Waals surface area contributed by atoms with Gasteiger partial charge in [0.05, 0.1) is 0 Å². The molecule has 0 bridgehead atoms. The summed E-state index contributed by atoms with van der Waals surface area (Å²) < 4.78 is 6.36. The third-order valence-corrected chi connectivity index (χ3v) is 3.31. The maximum atomic E-state index is 5.23. The normalized spacial score (nSPS) is 11.0. The van der Waals surface area contributed by atoms with Gasteiger partial charge in [0.15, 0.2) is 5.58 Å². The van der Waals surface area contributed by atoms with Crippen LogP contribution < -0.4 is 0 Å². The van der Waals surface area contributed by atoms with Crippen molar-refractivity contribution < 1.29 is 4.52 Å². The van der Waals surface area contributed by atoms with Gasteiger partial charge in [-0.25, -0.2) is 0 Å². The Kier molecular flexibility index (Phi) is 1.86. The van der Waals surface area contributed by atoms with Crippen LogP contribution in [0.4, 0.5) is 0 Å². The Balaban J connectivity index is 2.21. The lowest BCUT2D eigenvalue weighted by Gasteiger charge is -1.96. The topological polar surface area (TPSA) is 26.0 Å². The molecule has 0 radical (unpaired) electrons. The number of hydrogen-bond donors (Lipinski definition) is 0. The van der Waals surface area contributed by atoms with Crippen molar-refractivity contribution in [1.29, 1.82) is 0 Å². The molecule has 1 aromatic carbocycles. The van der Waals surface area contributed by atoms with Gasteiger partial charge in [0, 0.05) is 5.56 Å². The Morgan fingerprint density at radius 3 is 2.73 bits per heavy atom. The van der Waals surface area contributed by atoms with E-state index in [0.29, 0.717) is 0 Å². The van der Waals surface area contributed by atoms with E-state index in [-0.39, 0.29) is 0 Å². The number of fused-ring (bicyclic) bond motifs is 1. The van der Waals surface area contributed by atoms with E-state index in [1.54, 1.807) is 11.3 Å². The molecule has 3 rings (SSSR count). The Morgan fingerprint density at radius 1 is 1.13 bits per heavy atom. The zero-order valence-corrected chi connectivity index (χ0v) is 9.04. The second-order valence-corrected chi connectivity index (χ2v) is 4.43. The largest absolute Gasteiger partial charge is 0.355 e. The van der Waals surface area contributed by atoms with Gasteiger partial charge < -0.3 is 4.52 Å². The van der Waals surface area contributed by atoms with E-state index in [9.17, 15) is 0 Å². The van der Waals surface area contributed by atoms with Crippen LogP contribution in [0.15, 0.2) is 40.2 Å². The van der Waals surface area contributed by atoms with Crippen molar-refractivity contribution in [2.24, 2.45) is 0 Å². The minimum absolute atomic E-state index is 0.871. The van der Waals surface area contributed by atoms with E-state index in [1.807, 2.05) is 11.4 Å². The molecule has 2 nitrogen and oxygen atoms in total. The zero-order chi connectivity index (χ0) is 10.3. The molecule has 3 heteroatoms. The summed E-state index contributed by atoms with van der Waals surface area (Å²) in [5, 5.41) is 6.11. The van der Waals surface area contributed by atoms with Crippen LogP contribution in [0.5, 0.6) is 0 Å². The molecule has 0 amide bonds. The minimum atomic E-state index is 0.871. The van der Waals surface area contributed by atoms with Crippen LogP contribution in [-0.4, -0.2) is 5.16 Å². The predicted octanol–water partition coefficient (Wildman–Crippen LogP) is 3.86. The van der Waals surface area contributed by atoms with Crippen LogP contribution in [-0.2, 0) is 0 Å². The fraction of sp³-hybridized carbons (Fsp3) is 0.0833. The number of hydrogen-bond acceptors (Lipinski definition) is 3.